The largest absolute Gasteiger partial charge is 0.438 e. The standard InChI is InChI=1S/C5F10/c6-1(2(7)8)3(9,4(10,11)12)5(13,14)15. The predicted octanol–water partition coefficient (Wildman–Crippen LogP) is 3.90. The monoisotopic (exact) mass is 250 g/mol. The highest BCUT2D eigenvalue weighted by Crippen LogP contribution is 2.51. The van der Waals surface area contributed by atoms with Crippen molar-refractivity contribution in [2.45, 2.75) is 18.0 Å². The van der Waals surface area contributed by atoms with Gasteiger partial charge in [-0.25, -0.2) is 8.78 Å². The van der Waals surface area contributed by atoms with Crippen molar-refractivity contribution in [2.75, 3.05) is 0 Å². The van der Waals surface area contributed by atoms with Gasteiger partial charge in [-0.05, 0) is 0 Å². The first kappa shape index (κ1) is 14.0. The Hall–Kier alpha value is -0.960. The second kappa shape index (κ2) is 3.56. The van der Waals surface area contributed by atoms with Crippen LogP contribution in [0.5, 0.6) is 0 Å². The molecule has 0 aromatic carbocycles. The topological polar surface area (TPSA) is 0 Å². The van der Waals surface area contributed by atoms with E-state index < -0.39 is 29.9 Å². The van der Waals surface area contributed by atoms with E-state index in [0.29, 0.717) is 0 Å². The molecule has 0 fully saturated rings. The number of hydrogen-bond acceptors (Lipinski definition) is 0. The predicted molar refractivity (Wildman–Crippen MR) is 26.3 cm³/mol. The fraction of sp³-hybridized carbons (Fsp3) is 0.600. The Balaban J connectivity index is 5.77. The third-order valence-corrected chi connectivity index (χ3v) is 1.25. The summed E-state index contributed by atoms with van der Waals surface area (Å²) in [6.45, 7) is 0. The third-order valence-electron chi connectivity index (χ3n) is 1.25. The average molecular weight is 250 g/mol. The van der Waals surface area contributed by atoms with Crippen LogP contribution in [0.25, 0.3) is 0 Å². The van der Waals surface area contributed by atoms with Crippen LogP contribution in [0.2, 0.25) is 0 Å². The first-order valence-electron chi connectivity index (χ1n) is 2.89. The number of rotatable bonds is 1. The zero-order chi connectivity index (χ0) is 12.7. The highest BCUT2D eigenvalue weighted by atomic mass is 19.4. The number of allylic oxidation sites excluding steroid dienone is 1. The van der Waals surface area contributed by atoms with E-state index in [2.05, 4.69) is 0 Å². The van der Waals surface area contributed by atoms with Gasteiger partial charge in [0.05, 0.1) is 0 Å². The number of halogens is 10. The Bertz CT molecular complexity index is 249. The highest BCUT2D eigenvalue weighted by Gasteiger charge is 2.76. The van der Waals surface area contributed by atoms with E-state index in [1.807, 2.05) is 0 Å². The lowest BCUT2D eigenvalue weighted by Gasteiger charge is -2.27. The van der Waals surface area contributed by atoms with Crippen LogP contribution in [-0.2, 0) is 0 Å². The van der Waals surface area contributed by atoms with Crippen LogP contribution in [-0.4, -0.2) is 18.0 Å². The molecule has 90 valence electrons. The van der Waals surface area contributed by atoms with Crippen molar-refractivity contribution in [3.05, 3.63) is 11.9 Å². The molecule has 0 N–H and O–H groups in total. The van der Waals surface area contributed by atoms with Crippen molar-refractivity contribution in [3.8, 4) is 0 Å². The first-order chi connectivity index (χ1) is 6.35. The molecule has 0 bridgehead atoms. The molecule has 0 unspecified atom stereocenters. The van der Waals surface area contributed by atoms with E-state index >= 15 is 0 Å². The van der Waals surface area contributed by atoms with Gasteiger partial charge < -0.3 is 0 Å². The van der Waals surface area contributed by atoms with Gasteiger partial charge in [0.25, 0.3) is 0 Å². The van der Waals surface area contributed by atoms with Crippen LogP contribution < -0.4 is 0 Å². The minimum Gasteiger partial charge on any atom is -0.215 e. The normalized spacial score (nSPS) is 14.0. The summed E-state index contributed by atoms with van der Waals surface area (Å²) in [5, 5.41) is 0. The maximum absolute atomic E-state index is 12.3. The molecule has 15 heavy (non-hydrogen) atoms. The van der Waals surface area contributed by atoms with E-state index in [1.54, 1.807) is 0 Å². The van der Waals surface area contributed by atoms with Crippen LogP contribution in [0.1, 0.15) is 0 Å². The molecule has 0 aromatic heterocycles. The Morgan fingerprint density at radius 2 is 0.867 bits per heavy atom. The first-order valence-corrected chi connectivity index (χ1v) is 2.89. The smallest absolute Gasteiger partial charge is 0.215 e. The quantitative estimate of drug-likeness (QED) is 0.619. The van der Waals surface area contributed by atoms with Crippen LogP contribution >= 0.6 is 0 Å². The Morgan fingerprint density at radius 1 is 0.600 bits per heavy atom. The summed E-state index contributed by atoms with van der Waals surface area (Å²) in [6, 6.07) is 0. The molecular formula is C5F10. The van der Waals surface area contributed by atoms with Gasteiger partial charge in [0.15, 0.2) is 0 Å². The SMILES string of the molecule is FC(F)=C(F)C(F)(C(F)(F)F)C(F)(F)F. The van der Waals surface area contributed by atoms with Gasteiger partial charge in [-0.3, -0.25) is 0 Å². The molecule has 0 spiro atoms. The van der Waals surface area contributed by atoms with E-state index in [0.717, 1.165) is 0 Å². The van der Waals surface area contributed by atoms with E-state index in [1.165, 1.54) is 0 Å². The van der Waals surface area contributed by atoms with Gasteiger partial charge in [0.2, 0.25) is 5.83 Å². The Morgan fingerprint density at radius 3 is 0.933 bits per heavy atom. The van der Waals surface area contributed by atoms with E-state index in [9.17, 15) is 43.9 Å². The van der Waals surface area contributed by atoms with Crippen molar-refractivity contribution >= 4 is 0 Å². The Labute approximate surface area is 75.2 Å². The van der Waals surface area contributed by atoms with Crippen molar-refractivity contribution < 1.29 is 43.9 Å². The molecule has 0 nitrogen and oxygen atoms in total. The van der Waals surface area contributed by atoms with Gasteiger partial charge in [-0.2, -0.15) is 35.1 Å². The maximum Gasteiger partial charge on any atom is 0.438 e. The lowest BCUT2D eigenvalue weighted by Crippen LogP contribution is -2.54. The highest BCUT2D eigenvalue weighted by molar-refractivity contribution is 5.18. The summed E-state index contributed by atoms with van der Waals surface area (Å²) in [4.78, 5) is 0. The molecule has 0 heterocycles. The summed E-state index contributed by atoms with van der Waals surface area (Å²) in [5.74, 6) is -4.21. The average Bonchev–Trinajstić information content (AvgIpc) is 1.96. The molecule has 0 aromatic rings. The lowest BCUT2D eigenvalue weighted by atomic mass is 10.0. The summed E-state index contributed by atoms with van der Waals surface area (Å²) in [7, 11) is 0. The fourth-order valence-corrected chi connectivity index (χ4v) is 0.540. The minimum absolute atomic E-state index is 4.02. The van der Waals surface area contributed by atoms with Gasteiger partial charge in [0, 0.05) is 0 Å². The number of hydrogen-bond donors (Lipinski definition) is 0. The lowest BCUT2D eigenvalue weighted by molar-refractivity contribution is -0.332. The van der Waals surface area contributed by atoms with Crippen molar-refractivity contribution in [3.63, 3.8) is 0 Å². The van der Waals surface area contributed by atoms with Gasteiger partial charge in [-0.15, -0.1) is 0 Å². The molecular weight excluding hydrogens is 250 g/mol. The zero-order valence-corrected chi connectivity index (χ0v) is 6.28. The van der Waals surface area contributed by atoms with Crippen LogP contribution in [0, 0.1) is 0 Å². The Kier molecular flexibility index (Phi) is 3.33. The van der Waals surface area contributed by atoms with E-state index in [4.69, 9.17) is 0 Å². The van der Waals surface area contributed by atoms with Crippen LogP contribution in [0.3, 0.4) is 0 Å². The van der Waals surface area contributed by atoms with Crippen LogP contribution in [0.4, 0.5) is 43.9 Å². The zero-order valence-electron chi connectivity index (χ0n) is 6.28. The molecule has 0 radical (unpaired) electrons. The molecule has 0 rings (SSSR count). The molecule has 0 aliphatic carbocycles. The molecule has 0 aliphatic rings. The summed E-state index contributed by atoms with van der Waals surface area (Å²) in [6.07, 6.45) is -17.7. The molecule has 0 atom stereocenters. The van der Waals surface area contributed by atoms with Crippen LogP contribution in [0.15, 0.2) is 11.9 Å². The fourth-order valence-electron chi connectivity index (χ4n) is 0.540. The molecule has 0 saturated heterocycles. The van der Waals surface area contributed by atoms with Crippen molar-refractivity contribution in [2.24, 2.45) is 0 Å². The summed E-state index contributed by atoms with van der Waals surface area (Å²) < 4.78 is 116. The van der Waals surface area contributed by atoms with Gasteiger partial charge >= 0.3 is 24.1 Å². The summed E-state index contributed by atoms with van der Waals surface area (Å²) in [5.41, 5.74) is -6.68. The minimum atomic E-state index is -6.86. The molecule has 0 amide bonds. The number of alkyl halides is 7. The third kappa shape index (κ3) is 2.17. The van der Waals surface area contributed by atoms with Crippen molar-refractivity contribution in [1.29, 1.82) is 0 Å². The second-order valence-corrected chi connectivity index (χ2v) is 2.23. The van der Waals surface area contributed by atoms with Gasteiger partial charge in [0.1, 0.15) is 0 Å². The maximum atomic E-state index is 12.3. The molecule has 0 saturated carbocycles. The van der Waals surface area contributed by atoms with Crippen molar-refractivity contribution in [1.82, 2.24) is 0 Å². The van der Waals surface area contributed by atoms with E-state index in [-0.39, 0.29) is 0 Å². The molecule has 0 aliphatic heterocycles. The summed E-state index contributed by atoms with van der Waals surface area (Å²) >= 11 is 0. The second-order valence-electron chi connectivity index (χ2n) is 2.23. The van der Waals surface area contributed by atoms with Gasteiger partial charge in [-0.1, -0.05) is 0 Å². The molecule has 10 heteroatoms.